The molecule has 0 radical (unpaired) electrons. The van der Waals surface area contributed by atoms with E-state index in [1.165, 1.54) is 0 Å². The molecule has 0 heterocycles. The molecular formula is C12H15NO2. The number of nitrogens with two attached hydrogens (primary N) is 1. The molecule has 0 spiro atoms. The number of ether oxygens (including phenoxy) is 1. The second-order valence-corrected chi connectivity index (χ2v) is 3.85. The number of aryl methyl sites for hydroxylation is 1. The molecule has 1 aromatic carbocycles. The molecule has 1 aromatic rings. The molecule has 0 saturated heterocycles. The molecule has 0 saturated carbocycles. The van der Waals surface area contributed by atoms with Crippen molar-refractivity contribution in [3.63, 3.8) is 0 Å². The first-order chi connectivity index (χ1) is 7.18. The summed E-state index contributed by atoms with van der Waals surface area (Å²) in [5.41, 5.74) is 7.28. The van der Waals surface area contributed by atoms with Crippen molar-refractivity contribution in [2.45, 2.75) is 25.3 Å². The van der Waals surface area contributed by atoms with E-state index < -0.39 is 5.54 Å². The summed E-state index contributed by atoms with van der Waals surface area (Å²) in [6.07, 6.45) is 1.50. The summed E-state index contributed by atoms with van der Waals surface area (Å²) in [4.78, 5) is 11.8. The van der Waals surface area contributed by atoms with E-state index in [0.29, 0.717) is 13.0 Å². The molecule has 0 unspecified atom stereocenters. The molecule has 80 valence electrons. The van der Waals surface area contributed by atoms with Gasteiger partial charge in [0, 0.05) is 0 Å². The Bertz CT molecular complexity index is 389. The van der Waals surface area contributed by atoms with Crippen LogP contribution < -0.4 is 5.73 Å². The fourth-order valence-electron chi connectivity index (χ4n) is 2.11. The van der Waals surface area contributed by atoms with Crippen LogP contribution in [0.15, 0.2) is 24.3 Å². The van der Waals surface area contributed by atoms with Crippen LogP contribution in [-0.2, 0) is 21.5 Å². The highest BCUT2D eigenvalue weighted by atomic mass is 16.5. The van der Waals surface area contributed by atoms with Crippen LogP contribution in [0.25, 0.3) is 0 Å². The lowest BCUT2D eigenvalue weighted by atomic mass is 9.93. The Kier molecular flexibility index (Phi) is 2.49. The molecule has 0 aliphatic heterocycles. The monoisotopic (exact) mass is 205 g/mol. The van der Waals surface area contributed by atoms with Crippen LogP contribution in [0, 0.1) is 0 Å². The average molecular weight is 205 g/mol. The second-order valence-electron chi connectivity index (χ2n) is 3.85. The van der Waals surface area contributed by atoms with Crippen molar-refractivity contribution in [2.75, 3.05) is 6.61 Å². The van der Waals surface area contributed by atoms with E-state index in [0.717, 1.165) is 17.5 Å². The van der Waals surface area contributed by atoms with Crippen molar-refractivity contribution in [1.29, 1.82) is 0 Å². The summed E-state index contributed by atoms with van der Waals surface area (Å²) in [6.45, 7) is 2.17. The van der Waals surface area contributed by atoms with Crippen molar-refractivity contribution in [2.24, 2.45) is 5.73 Å². The predicted octanol–water partition coefficient (Wildman–Crippen LogP) is 1.35. The Morgan fingerprint density at radius 2 is 2.27 bits per heavy atom. The fourth-order valence-corrected chi connectivity index (χ4v) is 2.11. The van der Waals surface area contributed by atoms with Gasteiger partial charge in [0.1, 0.15) is 5.54 Å². The summed E-state index contributed by atoms with van der Waals surface area (Å²) in [5.74, 6) is -0.310. The summed E-state index contributed by atoms with van der Waals surface area (Å²) in [7, 11) is 0. The van der Waals surface area contributed by atoms with E-state index >= 15 is 0 Å². The standard InChI is InChI=1S/C12H15NO2/c1-2-15-11(14)12(13)8-7-9-5-3-4-6-10(9)12/h3-6H,2,7-8,13H2,1H3/t12-/m0/s1. The first-order valence-electron chi connectivity index (χ1n) is 5.23. The third-order valence-electron chi connectivity index (χ3n) is 2.93. The minimum atomic E-state index is -0.924. The molecule has 1 aliphatic carbocycles. The van der Waals surface area contributed by atoms with Gasteiger partial charge in [0.25, 0.3) is 0 Å². The molecule has 3 heteroatoms. The first kappa shape index (κ1) is 10.2. The number of carbonyl (C=O) groups is 1. The predicted molar refractivity (Wildman–Crippen MR) is 57.3 cm³/mol. The first-order valence-corrected chi connectivity index (χ1v) is 5.23. The van der Waals surface area contributed by atoms with E-state index in [2.05, 4.69) is 0 Å². The highest BCUT2D eigenvalue weighted by molar-refractivity contribution is 5.84. The number of benzene rings is 1. The zero-order chi connectivity index (χ0) is 10.9. The quantitative estimate of drug-likeness (QED) is 0.741. The van der Waals surface area contributed by atoms with Crippen molar-refractivity contribution < 1.29 is 9.53 Å². The van der Waals surface area contributed by atoms with Gasteiger partial charge in [-0.05, 0) is 30.9 Å². The Morgan fingerprint density at radius 3 is 3.00 bits per heavy atom. The maximum atomic E-state index is 11.8. The summed E-state index contributed by atoms with van der Waals surface area (Å²) >= 11 is 0. The van der Waals surface area contributed by atoms with Gasteiger partial charge in [-0.15, -0.1) is 0 Å². The van der Waals surface area contributed by atoms with Crippen molar-refractivity contribution >= 4 is 5.97 Å². The van der Waals surface area contributed by atoms with Crippen LogP contribution in [0.2, 0.25) is 0 Å². The largest absolute Gasteiger partial charge is 0.464 e. The molecule has 0 amide bonds. The van der Waals surface area contributed by atoms with Gasteiger partial charge < -0.3 is 10.5 Å². The number of rotatable bonds is 2. The van der Waals surface area contributed by atoms with Gasteiger partial charge in [-0.1, -0.05) is 24.3 Å². The SMILES string of the molecule is CCOC(=O)[C@]1(N)CCc2ccccc21. The third-order valence-corrected chi connectivity index (χ3v) is 2.93. The average Bonchev–Trinajstić information content (AvgIpc) is 2.59. The lowest BCUT2D eigenvalue weighted by molar-refractivity contribution is -0.150. The van der Waals surface area contributed by atoms with Crippen molar-refractivity contribution in [1.82, 2.24) is 0 Å². The summed E-state index contributed by atoms with van der Waals surface area (Å²) in [5, 5.41) is 0. The van der Waals surface area contributed by atoms with Gasteiger partial charge in [-0.25, -0.2) is 4.79 Å². The lowest BCUT2D eigenvalue weighted by Crippen LogP contribution is -2.44. The topological polar surface area (TPSA) is 52.3 Å². The Morgan fingerprint density at radius 1 is 1.53 bits per heavy atom. The van der Waals surface area contributed by atoms with Crippen molar-refractivity contribution in [3.8, 4) is 0 Å². The minimum absolute atomic E-state index is 0.310. The van der Waals surface area contributed by atoms with E-state index in [1.54, 1.807) is 6.92 Å². The number of fused-ring (bicyclic) bond motifs is 1. The van der Waals surface area contributed by atoms with Crippen LogP contribution in [0.1, 0.15) is 24.5 Å². The fraction of sp³-hybridized carbons (Fsp3) is 0.417. The Labute approximate surface area is 89.2 Å². The van der Waals surface area contributed by atoms with Gasteiger partial charge in [0.15, 0.2) is 0 Å². The normalized spacial score (nSPS) is 23.6. The molecule has 1 aliphatic rings. The van der Waals surface area contributed by atoms with Gasteiger partial charge >= 0.3 is 5.97 Å². The van der Waals surface area contributed by atoms with E-state index in [-0.39, 0.29) is 5.97 Å². The van der Waals surface area contributed by atoms with Gasteiger partial charge in [-0.3, -0.25) is 0 Å². The number of hydrogen-bond acceptors (Lipinski definition) is 3. The zero-order valence-corrected chi connectivity index (χ0v) is 8.82. The van der Waals surface area contributed by atoms with Crippen molar-refractivity contribution in [3.05, 3.63) is 35.4 Å². The van der Waals surface area contributed by atoms with Crippen LogP contribution in [-0.4, -0.2) is 12.6 Å². The maximum absolute atomic E-state index is 11.8. The lowest BCUT2D eigenvalue weighted by Gasteiger charge is -2.22. The molecule has 2 rings (SSSR count). The molecule has 3 nitrogen and oxygen atoms in total. The molecule has 15 heavy (non-hydrogen) atoms. The van der Waals surface area contributed by atoms with E-state index in [9.17, 15) is 4.79 Å². The maximum Gasteiger partial charge on any atom is 0.330 e. The number of hydrogen-bond donors (Lipinski definition) is 1. The molecule has 0 fully saturated rings. The van der Waals surface area contributed by atoms with E-state index in [4.69, 9.17) is 10.5 Å². The molecule has 1 atom stereocenters. The molecule has 0 aromatic heterocycles. The van der Waals surface area contributed by atoms with Crippen LogP contribution in [0.5, 0.6) is 0 Å². The number of carbonyl (C=O) groups excluding carboxylic acids is 1. The smallest absolute Gasteiger partial charge is 0.330 e. The van der Waals surface area contributed by atoms with Gasteiger partial charge in [0.05, 0.1) is 6.61 Å². The van der Waals surface area contributed by atoms with Gasteiger partial charge in [0.2, 0.25) is 0 Å². The highest BCUT2D eigenvalue weighted by Crippen LogP contribution is 2.35. The second kappa shape index (κ2) is 3.66. The number of esters is 1. The van der Waals surface area contributed by atoms with Crippen LogP contribution >= 0.6 is 0 Å². The molecular weight excluding hydrogens is 190 g/mol. The molecule has 0 bridgehead atoms. The zero-order valence-electron chi connectivity index (χ0n) is 8.82. The summed E-state index contributed by atoms with van der Waals surface area (Å²) < 4.78 is 5.02. The Balaban J connectivity index is 2.36. The summed E-state index contributed by atoms with van der Waals surface area (Å²) in [6, 6.07) is 7.81. The van der Waals surface area contributed by atoms with Crippen LogP contribution in [0.4, 0.5) is 0 Å². The van der Waals surface area contributed by atoms with E-state index in [1.807, 2.05) is 24.3 Å². The minimum Gasteiger partial charge on any atom is -0.464 e. The third kappa shape index (κ3) is 1.53. The molecule has 2 N–H and O–H groups in total. The van der Waals surface area contributed by atoms with Gasteiger partial charge in [-0.2, -0.15) is 0 Å². The Hall–Kier alpha value is -1.35. The van der Waals surface area contributed by atoms with Crippen LogP contribution in [0.3, 0.4) is 0 Å². The highest BCUT2D eigenvalue weighted by Gasteiger charge is 2.42.